The minimum absolute atomic E-state index is 0.0482. The van der Waals surface area contributed by atoms with Crippen LogP contribution in [-0.4, -0.2) is 24.0 Å². The van der Waals surface area contributed by atoms with Gasteiger partial charge in [-0.05, 0) is 54.0 Å². The van der Waals surface area contributed by atoms with Crippen LogP contribution in [0, 0.1) is 5.41 Å². The first-order valence-corrected chi connectivity index (χ1v) is 8.44. The summed E-state index contributed by atoms with van der Waals surface area (Å²) in [4.78, 5) is 14.4. The normalized spacial score (nSPS) is 19.3. The SMILES string of the molecule is O=C1CC(CS)(CS)CCCN1c1ccc(Br)cc1. The smallest absolute Gasteiger partial charge is 0.227 e. The van der Waals surface area contributed by atoms with Crippen LogP contribution in [0.4, 0.5) is 5.69 Å². The van der Waals surface area contributed by atoms with E-state index in [1.165, 1.54) is 0 Å². The second-order valence-electron chi connectivity index (χ2n) is 5.12. The van der Waals surface area contributed by atoms with Crippen molar-refractivity contribution in [2.45, 2.75) is 19.3 Å². The molecule has 0 atom stereocenters. The second kappa shape index (κ2) is 6.55. The molecule has 1 saturated heterocycles. The van der Waals surface area contributed by atoms with Crippen molar-refractivity contribution in [1.82, 2.24) is 0 Å². The molecule has 0 radical (unpaired) electrons. The van der Waals surface area contributed by atoms with Crippen molar-refractivity contribution in [2.75, 3.05) is 23.0 Å². The lowest BCUT2D eigenvalue weighted by molar-refractivity contribution is -0.119. The van der Waals surface area contributed by atoms with Crippen LogP contribution in [0.5, 0.6) is 0 Å². The van der Waals surface area contributed by atoms with Crippen molar-refractivity contribution in [3.05, 3.63) is 28.7 Å². The Kier molecular flexibility index (Phi) is 5.26. The van der Waals surface area contributed by atoms with Crippen LogP contribution in [0.3, 0.4) is 0 Å². The summed E-state index contributed by atoms with van der Waals surface area (Å²) in [5, 5.41) is 0. The van der Waals surface area contributed by atoms with Gasteiger partial charge in [-0.15, -0.1) is 0 Å². The van der Waals surface area contributed by atoms with E-state index in [0.717, 1.165) is 41.1 Å². The molecule has 0 aliphatic carbocycles. The fourth-order valence-corrected chi connectivity index (χ4v) is 3.66. The van der Waals surface area contributed by atoms with Gasteiger partial charge in [0.2, 0.25) is 5.91 Å². The molecule has 19 heavy (non-hydrogen) atoms. The van der Waals surface area contributed by atoms with Crippen LogP contribution >= 0.6 is 41.2 Å². The summed E-state index contributed by atoms with van der Waals surface area (Å²) >= 11 is 12.3. The number of thiol groups is 2. The van der Waals surface area contributed by atoms with E-state index in [0.29, 0.717) is 6.42 Å². The standard InChI is InChI=1S/C14H18BrNOS2/c15-11-2-4-12(5-3-11)16-7-1-6-14(9-18,10-19)8-13(16)17/h2-5,18-19H,1,6-10H2. The molecular formula is C14H18BrNOS2. The summed E-state index contributed by atoms with van der Waals surface area (Å²) in [5.41, 5.74) is 0.926. The van der Waals surface area contributed by atoms with Crippen LogP contribution in [-0.2, 0) is 4.79 Å². The highest BCUT2D eigenvalue weighted by atomic mass is 79.9. The van der Waals surface area contributed by atoms with Crippen molar-refractivity contribution in [1.29, 1.82) is 0 Å². The Morgan fingerprint density at radius 1 is 1.21 bits per heavy atom. The summed E-state index contributed by atoms with van der Waals surface area (Å²) in [5.74, 6) is 1.62. The molecule has 1 heterocycles. The van der Waals surface area contributed by atoms with E-state index >= 15 is 0 Å². The number of halogens is 1. The molecule has 1 aliphatic rings. The molecule has 1 aliphatic heterocycles. The summed E-state index contributed by atoms with van der Waals surface area (Å²) in [6, 6.07) is 7.91. The third-order valence-electron chi connectivity index (χ3n) is 3.73. The van der Waals surface area contributed by atoms with Crippen LogP contribution in [0.1, 0.15) is 19.3 Å². The molecular weight excluding hydrogens is 342 g/mol. The largest absolute Gasteiger partial charge is 0.312 e. The lowest BCUT2D eigenvalue weighted by Crippen LogP contribution is -2.34. The van der Waals surface area contributed by atoms with Gasteiger partial charge in [-0.1, -0.05) is 15.9 Å². The molecule has 0 N–H and O–H groups in total. The average Bonchev–Trinajstić information content (AvgIpc) is 2.59. The lowest BCUT2D eigenvalue weighted by atomic mass is 9.84. The Morgan fingerprint density at radius 2 is 1.84 bits per heavy atom. The van der Waals surface area contributed by atoms with E-state index in [2.05, 4.69) is 41.2 Å². The molecule has 0 aromatic heterocycles. The van der Waals surface area contributed by atoms with Crippen LogP contribution in [0.25, 0.3) is 0 Å². The molecule has 0 saturated carbocycles. The third-order valence-corrected chi connectivity index (χ3v) is 5.60. The van der Waals surface area contributed by atoms with Gasteiger partial charge in [0, 0.05) is 23.1 Å². The van der Waals surface area contributed by atoms with E-state index in [-0.39, 0.29) is 11.3 Å². The number of carbonyl (C=O) groups excluding carboxylic acids is 1. The monoisotopic (exact) mass is 359 g/mol. The molecule has 2 nitrogen and oxygen atoms in total. The highest BCUT2D eigenvalue weighted by Gasteiger charge is 2.35. The van der Waals surface area contributed by atoms with E-state index in [1.807, 2.05) is 29.2 Å². The van der Waals surface area contributed by atoms with Gasteiger partial charge in [0.25, 0.3) is 0 Å². The first-order valence-electron chi connectivity index (χ1n) is 6.38. The highest BCUT2D eigenvalue weighted by molar-refractivity contribution is 9.10. The number of hydrogen-bond donors (Lipinski definition) is 2. The molecule has 2 rings (SSSR count). The quantitative estimate of drug-likeness (QED) is 0.786. The van der Waals surface area contributed by atoms with E-state index in [9.17, 15) is 4.79 Å². The number of nitrogens with zero attached hydrogens (tertiary/aromatic N) is 1. The summed E-state index contributed by atoms with van der Waals surface area (Å²) in [6.45, 7) is 0.782. The maximum absolute atomic E-state index is 12.5. The first-order chi connectivity index (χ1) is 9.10. The number of anilines is 1. The molecule has 0 unspecified atom stereocenters. The molecule has 5 heteroatoms. The van der Waals surface area contributed by atoms with Gasteiger partial charge in [0.1, 0.15) is 0 Å². The van der Waals surface area contributed by atoms with Gasteiger partial charge in [-0.25, -0.2) is 0 Å². The van der Waals surface area contributed by atoms with Crippen molar-refractivity contribution < 1.29 is 4.79 Å². The fourth-order valence-electron chi connectivity index (χ4n) is 2.46. The van der Waals surface area contributed by atoms with Gasteiger partial charge in [0.15, 0.2) is 0 Å². The van der Waals surface area contributed by atoms with E-state index in [1.54, 1.807) is 0 Å². The topological polar surface area (TPSA) is 20.3 Å². The number of hydrogen-bond acceptors (Lipinski definition) is 3. The van der Waals surface area contributed by atoms with Gasteiger partial charge in [-0.3, -0.25) is 4.79 Å². The number of carbonyl (C=O) groups is 1. The van der Waals surface area contributed by atoms with Crippen LogP contribution in [0.2, 0.25) is 0 Å². The average molecular weight is 360 g/mol. The fraction of sp³-hybridized carbons (Fsp3) is 0.500. The zero-order valence-corrected chi connectivity index (χ0v) is 14.1. The molecule has 104 valence electrons. The zero-order valence-electron chi connectivity index (χ0n) is 10.7. The zero-order chi connectivity index (χ0) is 13.9. The van der Waals surface area contributed by atoms with Gasteiger partial charge in [0.05, 0.1) is 0 Å². The van der Waals surface area contributed by atoms with Crippen molar-refractivity contribution in [3.63, 3.8) is 0 Å². The minimum atomic E-state index is -0.0482. The van der Waals surface area contributed by atoms with Crippen molar-refractivity contribution in [2.24, 2.45) is 5.41 Å². The van der Waals surface area contributed by atoms with Crippen LogP contribution < -0.4 is 4.90 Å². The molecule has 0 spiro atoms. The number of rotatable bonds is 3. The summed E-state index contributed by atoms with van der Waals surface area (Å²) < 4.78 is 1.03. The number of amides is 1. The number of benzene rings is 1. The Morgan fingerprint density at radius 3 is 2.42 bits per heavy atom. The molecule has 0 bridgehead atoms. The molecule has 1 fully saturated rings. The summed E-state index contributed by atoms with van der Waals surface area (Å²) in [6.07, 6.45) is 2.55. The van der Waals surface area contributed by atoms with Crippen molar-refractivity contribution >= 4 is 52.8 Å². The minimum Gasteiger partial charge on any atom is -0.312 e. The van der Waals surface area contributed by atoms with Crippen molar-refractivity contribution in [3.8, 4) is 0 Å². The maximum Gasteiger partial charge on any atom is 0.227 e. The van der Waals surface area contributed by atoms with Gasteiger partial charge < -0.3 is 4.90 Å². The second-order valence-corrected chi connectivity index (χ2v) is 6.67. The maximum atomic E-state index is 12.5. The van der Waals surface area contributed by atoms with Crippen LogP contribution in [0.15, 0.2) is 28.7 Å². The highest BCUT2D eigenvalue weighted by Crippen LogP contribution is 2.35. The van der Waals surface area contributed by atoms with E-state index in [4.69, 9.17) is 0 Å². The Balaban J connectivity index is 2.20. The van der Waals surface area contributed by atoms with E-state index < -0.39 is 0 Å². The Bertz CT molecular complexity index is 445. The molecule has 1 amide bonds. The molecule has 1 aromatic rings. The predicted octanol–water partition coefficient (Wildman–Crippen LogP) is 3.81. The third kappa shape index (κ3) is 3.50. The Labute approximate surface area is 133 Å². The Hall–Kier alpha value is -0.130. The lowest BCUT2D eigenvalue weighted by Gasteiger charge is -2.28. The first kappa shape index (κ1) is 15.3. The molecule has 1 aromatic carbocycles. The summed E-state index contributed by atoms with van der Waals surface area (Å²) in [7, 11) is 0. The van der Waals surface area contributed by atoms with Gasteiger partial charge in [-0.2, -0.15) is 25.3 Å². The predicted molar refractivity (Wildman–Crippen MR) is 90.5 cm³/mol. The van der Waals surface area contributed by atoms with Gasteiger partial charge >= 0.3 is 0 Å².